The number of rotatable bonds is 1. The lowest BCUT2D eigenvalue weighted by molar-refractivity contribution is -0.125. The zero-order chi connectivity index (χ0) is 15.0. The van der Waals surface area contributed by atoms with Gasteiger partial charge < -0.3 is 16.0 Å². The summed E-state index contributed by atoms with van der Waals surface area (Å²) in [5.41, 5.74) is 7.06. The van der Waals surface area contributed by atoms with E-state index in [9.17, 15) is 9.59 Å². The number of nitrogens with one attached hydrogen (secondary N) is 1. The number of carbonyl (C=O) groups is 2. The topological polar surface area (TPSA) is 88.3 Å². The van der Waals surface area contributed by atoms with E-state index in [0.717, 1.165) is 18.5 Å². The van der Waals surface area contributed by atoms with Gasteiger partial charge in [0.2, 0.25) is 5.91 Å². The number of aromatic nitrogens is 1. The first-order chi connectivity index (χ1) is 10.0. The zero-order valence-corrected chi connectivity index (χ0v) is 12.1. The van der Waals surface area contributed by atoms with E-state index in [1.54, 1.807) is 12.1 Å². The van der Waals surface area contributed by atoms with Crippen LogP contribution < -0.4 is 11.1 Å². The lowest BCUT2D eigenvalue weighted by atomic mass is 9.85. The molecule has 3 heterocycles. The molecular formula is C15H20N4O2. The first kappa shape index (κ1) is 13.9. The molecule has 1 aromatic rings. The largest absolute Gasteiger partial charge is 0.384 e. The summed E-state index contributed by atoms with van der Waals surface area (Å²) in [5.74, 6) is 0.870. The van der Waals surface area contributed by atoms with Crippen LogP contribution in [0, 0.1) is 12.8 Å². The highest BCUT2D eigenvalue weighted by molar-refractivity contribution is 5.95. The number of pyridine rings is 1. The number of nitrogens with zero attached hydrogens (tertiary/aromatic N) is 2. The van der Waals surface area contributed by atoms with Gasteiger partial charge in [0, 0.05) is 36.8 Å². The lowest BCUT2D eigenvalue weighted by Gasteiger charge is -2.41. The number of likely N-dealkylation sites (tertiary alicyclic amines) is 1. The average molecular weight is 288 g/mol. The number of hydrogen-bond donors (Lipinski definition) is 2. The molecule has 0 spiro atoms. The first-order valence-electron chi connectivity index (χ1n) is 7.36. The second-order valence-electron chi connectivity index (χ2n) is 5.93. The molecule has 21 heavy (non-hydrogen) atoms. The quantitative estimate of drug-likeness (QED) is 0.796. The summed E-state index contributed by atoms with van der Waals surface area (Å²) in [6, 6.07) is 3.62. The molecule has 0 bridgehead atoms. The van der Waals surface area contributed by atoms with Crippen molar-refractivity contribution >= 4 is 17.6 Å². The van der Waals surface area contributed by atoms with Gasteiger partial charge in [-0.3, -0.25) is 9.59 Å². The molecule has 3 rings (SSSR count). The van der Waals surface area contributed by atoms with Gasteiger partial charge >= 0.3 is 0 Å². The van der Waals surface area contributed by atoms with Crippen molar-refractivity contribution < 1.29 is 9.59 Å². The van der Waals surface area contributed by atoms with E-state index < -0.39 is 0 Å². The number of hydrogen-bond acceptors (Lipinski definition) is 4. The Morgan fingerprint density at radius 2 is 2.24 bits per heavy atom. The number of fused-ring (bicyclic) bond motifs is 1. The number of carbonyl (C=O) groups excluding carboxylic acids is 2. The van der Waals surface area contributed by atoms with Crippen LogP contribution in [0.2, 0.25) is 0 Å². The second-order valence-corrected chi connectivity index (χ2v) is 5.93. The third-order valence-electron chi connectivity index (χ3n) is 4.33. The Morgan fingerprint density at radius 1 is 1.43 bits per heavy atom. The zero-order valence-electron chi connectivity index (χ0n) is 12.1. The summed E-state index contributed by atoms with van der Waals surface area (Å²) >= 11 is 0. The van der Waals surface area contributed by atoms with E-state index in [1.807, 2.05) is 11.8 Å². The molecule has 112 valence electrons. The molecule has 0 saturated carbocycles. The van der Waals surface area contributed by atoms with Crippen molar-refractivity contribution in [2.45, 2.75) is 32.2 Å². The van der Waals surface area contributed by atoms with E-state index >= 15 is 0 Å². The number of piperidine rings is 2. The highest BCUT2D eigenvalue weighted by Gasteiger charge is 2.35. The lowest BCUT2D eigenvalue weighted by Crippen LogP contribution is -2.55. The second kappa shape index (κ2) is 5.35. The average Bonchev–Trinajstić information content (AvgIpc) is 2.45. The monoisotopic (exact) mass is 288 g/mol. The van der Waals surface area contributed by atoms with Gasteiger partial charge in [-0.1, -0.05) is 0 Å². The summed E-state index contributed by atoms with van der Waals surface area (Å²) in [7, 11) is 0. The standard InChI is InChI=1S/C15H20N4O2/c1-9-6-11(7-13(16)17-9)15(21)19-5-4-12-10(8-19)2-3-14(20)18-12/h6-7,10,12H,2-5,8H2,1H3,(H2,16,17)(H,18,20). The molecule has 6 heteroatoms. The molecule has 0 aliphatic carbocycles. The van der Waals surface area contributed by atoms with Crippen LogP contribution >= 0.6 is 0 Å². The third-order valence-corrected chi connectivity index (χ3v) is 4.33. The SMILES string of the molecule is Cc1cc(C(=O)N2CCC3NC(=O)CCC3C2)cc(N)n1. The molecule has 1 aromatic heterocycles. The van der Waals surface area contributed by atoms with Gasteiger partial charge in [-0.25, -0.2) is 4.98 Å². The molecule has 2 fully saturated rings. The molecular weight excluding hydrogens is 268 g/mol. The molecule has 2 atom stereocenters. The summed E-state index contributed by atoms with van der Waals surface area (Å²) in [4.78, 5) is 30.0. The van der Waals surface area contributed by atoms with Gasteiger partial charge in [-0.15, -0.1) is 0 Å². The van der Waals surface area contributed by atoms with E-state index in [2.05, 4.69) is 10.3 Å². The van der Waals surface area contributed by atoms with Crippen LogP contribution in [0.25, 0.3) is 0 Å². The smallest absolute Gasteiger partial charge is 0.254 e. The predicted octanol–water partition coefficient (Wildman–Crippen LogP) is 0.713. The van der Waals surface area contributed by atoms with Crippen LogP contribution in [-0.2, 0) is 4.79 Å². The van der Waals surface area contributed by atoms with Gasteiger partial charge in [0.05, 0.1) is 0 Å². The summed E-state index contributed by atoms with van der Waals surface area (Å²) in [6.45, 7) is 3.20. The van der Waals surface area contributed by atoms with Crippen molar-refractivity contribution in [3.05, 3.63) is 23.4 Å². The van der Waals surface area contributed by atoms with E-state index in [4.69, 9.17) is 5.73 Å². The Labute approximate surface area is 123 Å². The number of nitrogen functional groups attached to an aromatic ring is 1. The molecule has 0 aromatic carbocycles. The van der Waals surface area contributed by atoms with Gasteiger partial charge in [0.25, 0.3) is 5.91 Å². The van der Waals surface area contributed by atoms with Gasteiger partial charge in [0.15, 0.2) is 0 Å². The molecule has 2 saturated heterocycles. The normalized spacial score (nSPS) is 25.2. The molecule has 2 aliphatic rings. The van der Waals surface area contributed by atoms with Crippen LogP contribution in [-0.4, -0.2) is 40.8 Å². The van der Waals surface area contributed by atoms with E-state index in [-0.39, 0.29) is 17.9 Å². The summed E-state index contributed by atoms with van der Waals surface area (Å²) < 4.78 is 0. The molecule has 2 aliphatic heterocycles. The maximum absolute atomic E-state index is 12.6. The Hall–Kier alpha value is -2.11. The number of anilines is 1. The summed E-state index contributed by atoms with van der Waals surface area (Å²) in [5, 5.41) is 3.03. The van der Waals surface area contributed by atoms with Crippen LogP contribution in [0.5, 0.6) is 0 Å². The Morgan fingerprint density at radius 3 is 3.00 bits per heavy atom. The number of amides is 2. The minimum absolute atomic E-state index is 0.00236. The van der Waals surface area contributed by atoms with Crippen molar-refractivity contribution in [1.82, 2.24) is 15.2 Å². The van der Waals surface area contributed by atoms with Gasteiger partial charge in [-0.05, 0) is 37.8 Å². The number of aryl methyl sites for hydroxylation is 1. The fourth-order valence-corrected chi connectivity index (χ4v) is 3.29. The first-order valence-corrected chi connectivity index (χ1v) is 7.36. The van der Waals surface area contributed by atoms with Crippen molar-refractivity contribution in [3.63, 3.8) is 0 Å². The molecule has 6 nitrogen and oxygen atoms in total. The van der Waals surface area contributed by atoms with Crippen LogP contribution in [0.3, 0.4) is 0 Å². The Bertz CT molecular complexity index is 567. The minimum atomic E-state index is 0.00236. The minimum Gasteiger partial charge on any atom is -0.384 e. The van der Waals surface area contributed by atoms with Crippen LogP contribution in [0.15, 0.2) is 12.1 Å². The highest BCUT2D eigenvalue weighted by atomic mass is 16.2. The van der Waals surface area contributed by atoms with Crippen molar-refractivity contribution in [1.29, 1.82) is 0 Å². The molecule has 0 radical (unpaired) electrons. The van der Waals surface area contributed by atoms with Gasteiger partial charge in [-0.2, -0.15) is 0 Å². The van der Waals surface area contributed by atoms with Crippen LogP contribution in [0.1, 0.15) is 35.3 Å². The fraction of sp³-hybridized carbons (Fsp3) is 0.533. The van der Waals surface area contributed by atoms with Crippen molar-refractivity contribution in [2.24, 2.45) is 5.92 Å². The van der Waals surface area contributed by atoms with E-state index in [1.165, 1.54) is 0 Å². The molecule has 2 amide bonds. The Balaban J connectivity index is 1.73. The summed E-state index contributed by atoms with van der Waals surface area (Å²) in [6.07, 6.45) is 2.24. The fourth-order valence-electron chi connectivity index (χ4n) is 3.29. The van der Waals surface area contributed by atoms with Crippen LogP contribution in [0.4, 0.5) is 5.82 Å². The van der Waals surface area contributed by atoms with E-state index in [0.29, 0.717) is 36.8 Å². The maximum Gasteiger partial charge on any atom is 0.254 e. The van der Waals surface area contributed by atoms with Gasteiger partial charge in [0.1, 0.15) is 5.82 Å². The maximum atomic E-state index is 12.6. The van der Waals surface area contributed by atoms with Crippen molar-refractivity contribution in [2.75, 3.05) is 18.8 Å². The van der Waals surface area contributed by atoms with Crippen molar-refractivity contribution in [3.8, 4) is 0 Å². The highest BCUT2D eigenvalue weighted by Crippen LogP contribution is 2.26. The molecule has 3 N–H and O–H groups in total. The number of nitrogens with two attached hydrogens (primary N) is 1. The predicted molar refractivity (Wildman–Crippen MR) is 78.6 cm³/mol. The Kier molecular flexibility index (Phi) is 3.53. The molecule has 2 unspecified atom stereocenters. The third kappa shape index (κ3) is 2.84.